The highest BCUT2D eigenvalue weighted by atomic mass is 32.2. The molecule has 6 nitrogen and oxygen atoms in total. The molecule has 38 heavy (non-hydrogen) atoms. The molecule has 1 aliphatic heterocycles. The number of carboxylic acid groups (broad SMARTS) is 1. The fourth-order valence-corrected chi connectivity index (χ4v) is 6.48. The number of fused-ring (bicyclic) bond motifs is 1. The molecule has 202 valence electrons. The van der Waals surface area contributed by atoms with E-state index in [1.54, 1.807) is 19.9 Å². The molecular weight excluding hydrogens is 519 g/mol. The largest absolute Gasteiger partial charge is 0.482 e. The highest BCUT2D eigenvalue weighted by molar-refractivity contribution is 7.92. The minimum atomic E-state index is -4.43. The number of benzene rings is 3. The van der Waals surface area contributed by atoms with E-state index in [2.05, 4.69) is 0 Å². The highest BCUT2D eigenvalue weighted by Gasteiger charge is 2.39. The topological polar surface area (TPSA) is 83.9 Å². The SMILES string of the molecule is Cc1cc(S(=O)(=O)N2CC(C(C)C)c3cc(-c4ccc(C(F)(F)F)cc4)cc(C)c32)ccc1OCC(=O)O. The summed E-state index contributed by atoms with van der Waals surface area (Å²) in [7, 11) is -3.97. The molecular formula is C28H28F3NO5S. The predicted octanol–water partition coefficient (Wildman–Crippen LogP) is 6.40. The van der Waals surface area contributed by atoms with Gasteiger partial charge in [0.2, 0.25) is 0 Å². The molecule has 10 heteroatoms. The lowest BCUT2D eigenvalue weighted by atomic mass is 9.87. The minimum absolute atomic E-state index is 0.0549. The van der Waals surface area contributed by atoms with E-state index in [-0.39, 0.29) is 29.0 Å². The Kier molecular flexibility index (Phi) is 7.22. The number of ether oxygens (including phenoxy) is 1. The van der Waals surface area contributed by atoms with Crippen LogP contribution in [-0.2, 0) is 21.0 Å². The van der Waals surface area contributed by atoms with Crippen LogP contribution in [0.15, 0.2) is 59.5 Å². The van der Waals surface area contributed by atoms with Crippen LogP contribution in [0.1, 0.15) is 42.0 Å². The van der Waals surface area contributed by atoms with Gasteiger partial charge in [0, 0.05) is 12.5 Å². The highest BCUT2D eigenvalue weighted by Crippen LogP contribution is 2.47. The molecule has 1 unspecified atom stereocenters. The van der Waals surface area contributed by atoms with Gasteiger partial charge in [0.05, 0.1) is 16.1 Å². The van der Waals surface area contributed by atoms with E-state index >= 15 is 0 Å². The number of aryl methyl sites for hydroxylation is 2. The number of nitrogens with zero attached hydrogens (tertiary/aromatic N) is 1. The maximum atomic E-state index is 13.8. The van der Waals surface area contributed by atoms with Crippen LogP contribution in [0, 0.1) is 19.8 Å². The van der Waals surface area contributed by atoms with Gasteiger partial charge in [-0.05, 0) is 90.0 Å². The van der Waals surface area contributed by atoms with Gasteiger partial charge in [0.1, 0.15) is 5.75 Å². The second-order valence-corrected chi connectivity index (χ2v) is 11.7. The van der Waals surface area contributed by atoms with E-state index in [1.165, 1.54) is 34.6 Å². The summed E-state index contributed by atoms with van der Waals surface area (Å²) in [6.45, 7) is 7.14. The number of carboxylic acids is 1. The van der Waals surface area contributed by atoms with Crippen LogP contribution in [-0.4, -0.2) is 32.6 Å². The van der Waals surface area contributed by atoms with Crippen LogP contribution in [0.2, 0.25) is 0 Å². The first kappa shape index (κ1) is 27.5. The first-order chi connectivity index (χ1) is 17.7. The Bertz CT molecular complexity index is 1480. The van der Waals surface area contributed by atoms with Crippen molar-refractivity contribution >= 4 is 21.7 Å². The van der Waals surface area contributed by atoms with Crippen molar-refractivity contribution in [1.82, 2.24) is 0 Å². The van der Waals surface area contributed by atoms with Crippen molar-refractivity contribution in [3.05, 3.63) is 76.9 Å². The van der Waals surface area contributed by atoms with E-state index in [0.29, 0.717) is 22.4 Å². The van der Waals surface area contributed by atoms with Crippen LogP contribution in [0.4, 0.5) is 18.9 Å². The normalized spacial score (nSPS) is 15.6. The smallest absolute Gasteiger partial charge is 0.416 e. The molecule has 0 aliphatic carbocycles. The first-order valence-corrected chi connectivity index (χ1v) is 13.4. The summed E-state index contributed by atoms with van der Waals surface area (Å²) in [5, 5.41) is 8.85. The number of halogens is 3. The standard InChI is InChI=1S/C28H28F3NO5S/c1-16(2)24-14-32(38(35,36)22-9-10-25(17(3)12-22)37-15-26(33)34)27-18(4)11-20(13-23(24)27)19-5-7-21(8-6-19)28(29,30)31/h5-13,16,24H,14-15H2,1-4H3,(H,33,34). The number of hydrogen-bond acceptors (Lipinski definition) is 4. The Morgan fingerprint density at radius 1 is 1.03 bits per heavy atom. The van der Waals surface area contributed by atoms with Crippen LogP contribution >= 0.6 is 0 Å². The van der Waals surface area contributed by atoms with Gasteiger partial charge in [-0.1, -0.05) is 26.0 Å². The molecule has 1 N–H and O–H groups in total. The van der Waals surface area contributed by atoms with Gasteiger partial charge in [-0.25, -0.2) is 13.2 Å². The molecule has 0 amide bonds. The zero-order chi connectivity index (χ0) is 28.0. The molecule has 1 aliphatic rings. The molecule has 0 saturated carbocycles. The van der Waals surface area contributed by atoms with Gasteiger partial charge < -0.3 is 9.84 Å². The molecule has 1 atom stereocenters. The predicted molar refractivity (Wildman–Crippen MR) is 138 cm³/mol. The Morgan fingerprint density at radius 3 is 2.24 bits per heavy atom. The lowest BCUT2D eigenvalue weighted by molar-refractivity contribution is -0.139. The molecule has 3 aromatic carbocycles. The van der Waals surface area contributed by atoms with Gasteiger partial charge >= 0.3 is 12.1 Å². The summed E-state index contributed by atoms with van der Waals surface area (Å²) >= 11 is 0. The number of hydrogen-bond donors (Lipinski definition) is 1. The van der Waals surface area contributed by atoms with E-state index in [9.17, 15) is 26.4 Å². The van der Waals surface area contributed by atoms with Gasteiger partial charge in [0.15, 0.2) is 6.61 Å². The van der Waals surface area contributed by atoms with Crippen molar-refractivity contribution in [3.63, 3.8) is 0 Å². The Morgan fingerprint density at radius 2 is 1.68 bits per heavy atom. The maximum absolute atomic E-state index is 13.8. The average Bonchev–Trinajstić information content (AvgIpc) is 3.24. The third-order valence-corrected chi connectivity index (χ3v) is 8.54. The molecule has 0 fully saturated rings. The second-order valence-electron chi connectivity index (χ2n) is 9.80. The van der Waals surface area contributed by atoms with Gasteiger partial charge in [0.25, 0.3) is 10.0 Å². The van der Waals surface area contributed by atoms with Crippen LogP contribution in [0.25, 0.3) is 11.1 Å². The van der Waals surface area contributed by atoms with Crippen molar-refractivity contribution in [1.29, 1.82) is 0 Å². The molecule has 4 rings (SSSR count). The van der Waals surface area contributed by atoms with Crippen molar-refractivity contribution in [2.75, 3.05) is 17.5 Å². The summed E-state index contributed by atoms with van der Waals surface area (Å²) in [6.07, 6.45) is -4.43. The second kappa shape index (κ2) is 9.98. The Balaban J connectivity index is 1.74. The first-order valence-electron chi connectivity index (χ1n) is 12.0. The minimum Gasteiger partial charge on any atom is -0.482 e. The number of carbonyl (C=O) groups is 1. The van der Waals surface area contributed by atoms with Gasteiger partial charge in [-0.2, -0.15) is 13.2 Å². The lowest BCUT2D eigenvalue weighted by Crippen LogP contribution is -2.31. The number of rotatable bonds is 7. The number of alkyl halides is 3. The monoisotopic (exact) mass is 547 g/mol. The van der Waals surface area contributed by atoms with Crippen LogP contribution < -0.4 is 9.04 Å². The molecule has 0 aromatic heterocycles. The zero-order valence-electron chi connectivity index (χ0n) is 21.3. The summed E-state index contributed by atoms with van der Waals surface area (Å²) in [4.78, 5) is 10.9. The zero-order valence-corrected chi connectivity index (χ0v) is 22.2. The molecule has 0 saturated heterocycles. The van der Waals surface area contributed by atoms with Gasteiger partial charge in [-0.3, -0.25) is 4.31 Å². The summed E-state index contributed by atoms with van der Waals surface area (Å²) in [5.41, 5.74) is 3.19. The average molecular weight is 548 g/mol. The number of anilines is 1. The van der Waals surface area contributed by atoms with Crippen molar-refractivity contribution in [2.45, 2.75) is 44.7 Å². The lowest BCUT2D eigenvalue weighted by Gasteiger charge is -2.23. The quantitative estimate of drug-likeness (QED) is 0.370. The van der Waals surface area contributed by atoms with Crippen LogP contribution in [0.5, 0.6) is 5.75 Å². The molecule has 0 radical (unpaired) electrons. The Hall–Kier alpha value is -3.53. The molecule has 0 spiro atoms. The van der Waals surface area contributed by atoms with Crippen molar-refractivity contribution in [3.8, 4) is 16.9 Å². The molecule has 1 heterocycles. The Labute approximate surface area is 219 Å². The van der Waals surface area contributed by atoms with Gasteiger partial charge in [-0.15, -0.1) is 0 Å². The summed E-state index contributed by atoms with van der Waals surface area (Å²) in [5.74, 6) is -0.872. The van der Waals surface area contributed by atoms with E-state index in [4.69, 9.17) is 9.84 Å². The number of sulfonamides is 1. The van der Waals surface area contributed by atoms with Crippen molar-refractivity contribution in [2.24, 2.45) is 5.92 Å². The van der Waals surface area contributed by atoms with E-state index in [0.717, 1.165) is 23.3 Å². The van der Waals surface area contributed by atoms with E-state index in [1.807, 2.05) is 19.9 Å². The maximum Gasteiger partial charge on any atom is 0.416 e. The van der Waals surface area contributed by atoms with Crippen LogP contribution in [0.3, 0.4) is 0 Å². The fraction of sp³-hybridized carbons (Fsp3) is 0.321. The fourth-order valence-electron chi connectivity index (χ4n) is 4.82. The summed E-state index contributed by atoms with van der Waals surface area (Å²) < 4.78 is 73.3. The third kappa shape index (κ3) is 5.22. The van der Waals surface area contributed by atoms with E-state index < -0.39 is 34.3 Å². The van der Waals surface area contributed by atoms with Crippen molar-refractivity contribution < 1.29 is 36.2 Å². The molecule has 0 bridgehead atoms. The third-order valence-electron chi connectivity index (χ3n) is 6.78. The number of aliphatic carboxylic acids is 1. The summed E-state index contributed by atoms with van der Waals surface area (Å²) in [6, 6.07) is 12.9. The molecule has 3 aromatic rings.